The number of Topliss-reactive ketones (excluding diaryl/α,β-unsaturated/α-hetero) is 1. The summed E-state index contributed by atoms with van der Waals surface area (Å²) in [4.78, 5) is 12.1. The maximum Gasteiger partial charge on any atom is 0.175 e. The molecule has 1 aliphatic rings. The molecular formula is C13H16FNO2. The van der Waals surface area contributed by atoms with Gasteiger partial charge in [0.15, 0.2) is 17.3 Å². The number of halogens is 1. The molecule has 1 fully saturated rings. The second-order valence-electron chi connectivity index (χ2n) is 4.46. The molecule has 4 heteroatoms. The molecule has 0 bridgehead atoms. The van der Waals surface area contributed by atoms with Crippen LogP contribution >= 0.6 is 0 Å². The second kappa shape index (κ2) is 4.84. The Bertz CT molecular complexity index is 433. The molecule has 92 valence electrons. The molecule has 0 saturated heterocycles. The third kappa shape index (κ3) is 2.31. The van der Waals surface area contributed by atoms with Crippen LogP contribution in [-0.2, 0) is 0 Å². The van der Waals surface area contributed by atoms with Crippen LogP contribution < -0.4 is 10.5 Å². The van der Waals surface area contributed by atoms with Gasteiger partial charge >= 0.3 is 0 Å². The van der Waals surface area contributed by atoms with E-state index in [1.165, 1.54) is 19.2 Å². The Morgan fingerprint density at radius 2 is 2.24 bits per heavy atom. The van der Waals surface area contributed by atoms with Crippen molar-refractivity contribution < 1.29 is 13.9 Å². The zero-order chi connectivity index (χ0) is 12.4. The van der Waals surface area contributed by atoms with Crippen LogP contribution in [0, 0.1) is 11.7 Å². The van der Waals surface area contributed by atoms with Gasteiger partial charge in [-0.25, -0.2) is 4.39 Å². The molecule has 2 rings (SSSR count). The van der Waals surface area contributed by atoms with E-state index in [1.807, 2.05) is 0 Å². The number of hydrogen-bond acceptors (Lipinski definition) is 3. The maximum absolute atomic E-state index is 13.9. The Balaban J connectivity index is 2.25. The van der Waals surface area contributed by atoms with Gasteiger partial charge in [-0.2, -0.15) is 0 Å². The first-order valence-electron chi connectivity index (χ1n) is 5.75. The normalized spacial score (nSPS) is 23.7. The van der Waals surface area contributed by atoms with E-state index in [2.05, 4.69) is 0 Å². The molecule has 2 atom stereocenters. The molecule has 0 aliphatic heterocycles. The number of rotatable bonds is 3. The Hall–Kier alpha value is -1.42. The number of ether oxygens (including phenoxy) is 1. The minimum atomic E-state index is -0.569. The maximum atomic E-state index is 13.9. The van der Waals surface area contributed by atoms with Crippen LogP contribution in [0.15, 0.2) is 18.2 Å². The van der Waals surface area contributed by atoms with Gasteiger partial charge in [0, 0.05) is 12.0 Å². The van der Waals surface area contributed by atoms with Crippen molar-refractivity contribution in [2.45, 2.75) is 25.3 Å². The van der Waals surface area contributed by atoms with E-state index < -0.39 is 5.82 Å². The Labute approximate surface area is 99.8 Å². The predicted octanol–water partition coefficient (Wildman–Crippen LogP) is 2.14. The summed E-state index contributed by atoms with van der Waals surface area (Å²) in [6, 6.07) is 4.71. The lowest BCUT2D eigenvalue weighted by Gasteiger charge is -2.11. The van der Waals surface area contributed by atoms with Gasteiger partial charge in [-0.05, 0) is 31.4 Å². The first kappa shape index (κ1) is 12.0. The fourth-order valence-electron chi connectivity index (χ4n) is 2.33. The van der Waals surface area contributed by atoms with Gasteiger partial charge in [-0.15, -0.1) is 0 Å². The summed E-state index contributed by atoms with van der Waals surface area (Å²) in [5.41, 5.74) is 5.88. The number of nitrogens with two attached hydrogens (primary N) is 1. The van der Waals surface area contributed by atoms with Crippen LogP contribution in [0.4, 0.5) is 4.39 Å². The van der Waals surface area contributed by atoms with E-state index in [1.54, 1.807) is 6.07 Å². The van der Waals surface area contributed by atoms with Crippen molar-refractivity contribution >= 4 is 5.78 Å². The molecule has 1 aromatic carbocycles. The van der Waals surface area contributed by atoms with Gasteiger partial charge in [0.2, 0.25) is 0 Å². The van der Waals surface area contributed by atoms with Crippen molar-refractivity contribution in [2.24, 2.45) is 11.7 Å². The number of methoxy groups -OCH3 is 1. The van der Waals surface area contributed by atoms with Gasteiger partial charge in [0.05, 0.1) is 12.7 Å². The number of carbonyl (C=O) groups excluding carboxylic acids is 1. The number of benzene rings is 1. The summed E-state index contributed by atoms with van der Waals surface area (Å²) in [5.74, 6) is -0.764. The molecule has 1 saturated carbocycles. The molecule has 0 aromatic heterocycles. The van der Waals surface area contributed by atoms with E-state index in [0.29, 0.717) is 6.42 Å². The summed E-state index contributed by atoms with van der Waals surface area (Å²) >= 11 is 0. The summed E-state index contributed by atoms with van der Waals surface area (Å²) in [5, 5.41) is 0. The van der Waals surface area contributed by atoms with Crippen molar-refractivity contribution in [3.05, 3.63) is 29.6 Å². The Morgan fingerprint density at radius 1 is 1.47 bits per heavy atom. The first-order chi connectivity index (χ1) is 8.13. The molecular weight excluding hydrogens is 221 g/mol. The molecule has 2 N–H and O–H groups in total. The molecule has 0 radical (unpaired) electrons. The topological polar surface area (TPSA) is 52.3 Å². The SMILES string of the molecule is COc1cccc(C(=O)C2CCC(N)C2)c1F. The highest BCUT2D eigenvalue weighted by Gasteiger charge is 2.30. The quantitative estimate of drug-likeness (QED) is 0.819. The molecule has 17 heavy (non-hydrogen) atoms. The smallest absolute Gasteiger partial charge is 0.175 e. The number of carbonyl (C=O) groups is 1. The average Bonchev–Trinajstić information content (AvgIpc) is 2.75. The standard InChI is InChI=1S/C13H16FNO2/c1-17-11-4-2-3-10(12(11)14)13(16)8-5-6-9(15)7-8/h2-4,8-9H,5-7,15H2,1H3. The fraction of sp³-hybridized carbons (Fsp3) is 0.462. The number of hydrogen-bond donors (Lipinski definition) is 1. The van der Waals surface area contributed by atoms with E-state index in [4.69, 9.17) is 10.5 Å². The molecule has 0 heterocycles. The van der Waals surface area contributed by atoms with Crippen LogP contribution in [0.1, 0.15) is 29.6 Å². The minimum absolute atomic E-state index is 0.0672. The van der Waals surface area contributed by atoms with Gasteiger partial charge in [-0.3, -0.25) is 4.79 Å². The number of ketones is 1. The molecule has 0 amide bonds. The van der Waals surface area contributed by atoms with Crippen LogP contribution in [-0.4, -0.2) is 18.9 Å². The van der Waals surface area contributed by atoms with E-state index in [0.717, 1.165) is 12.8 Å². The zero-order valence-corrected chi connectivity index (χ0v) is 9.78. The fourth-order valence-corrected chi connectivity index (χ4v) is 2.33. The van der Waals surface area contributed by atoms with E-state index in [-0.39, 0.29) is 29.1 Å². The summed E-state index contributed by atoms with van der Waals surface area (Å²) in [6.07, 6.45) is 2.23. The lowest BCUT2D eigenvalue weighted by molar-refractivity contribution is 0.0917. The zero-order valence-electron chi connectivity index (χ0n) is 9.78. The van der Waals surface area contributed by atoms with Gasteiger partial charge < -0.3 is 10.5 Å². The minimum Gasteiger partial charge on any atom is -0.494 e. The highest BCUT2D eigenvalue weighted by Crippen LogP contribution is 2.30. The predicted molar refractivity (Wildman–Crippen MR) is 62.6 cm³/mol. The highest BCUT2D eigenvalue weighted by atomic mass is 19.1. The van der Waals surface area contributed by atoms with Crippen LogP contribution in [0.2, 0.25) is 0 Å². The summed E-state index contributed by atoms with van der Waals surface area (Å²) in [6.45, 7) is 0. The van der Waals surface area contributed by atoms with Crippen LogP contribution in [0.5, 0.6) is 5.75 Å². The van der Waals surface area contributed by atoms with E-state index in [9.17, 15) is 9.18 Å². The van der Waals surface area contributed by atoms with Crippen molar-refractivity contribution in [1.29, 1.82) is 0 Å². The largest absolute Gasteiger partial charge is 0.494 e. The third-order valence-corrected chi connectivity index (χ3v) is 3.29. The van der Waals surface area contributed by atoms with Gasteiger partial charge in [-0.1, -0.05) is 6.07 Å². The van der Waals surface area contributed by atoms with Crippen LogP contribution in [0.25, 0.3) is 0 Å². The first-order valence-corrected chi connectivity index (χ1v) is 5.75. The monoisotopic (exact) mass is 237 g/mol. The molecule has 0 spiro atoms. The van der Waals surface area contributed by atoms with Crippen LogP contribution in [0.3, 0.4) is 0 Å². The van der Waals surface area contributed by atoms with Crippen molar-refractivity contribution in [2.75, 3.05) is 7.11 Å². The van der Waals surface area contributed by atoms with Crippen molar-refractivity contribution in [3.8, 4) is 5.75 Å². The lowest BCUT2D eigenvalue weighted by Crippen LogP contribution is -2.18. The Kier molecular flexibility index (Phi) is 3.43. The van der Waals surface area contributed by atoms with E-state index >= 15 is 0 Å². The third-order valence-electron chi connectivity index (χ3n) is 3.29. The Morgan fingerprint density at radius 3 is 2.82 bits per heavy atom. The molecule has 3 nitrogen and oxygen atoms in total. The molecule has 2 unspecified atom stereocenters. The van der Waals surface area contributed by atoms with Crippen molar-refractivity contribution in [3.63, 3.8) is 0 Å². The summed E-state index contributed by atoms with van der Waals surface area (Å²) in [7, 11) is 1.39. The molecule has 1 aromatic rings. The molecule has 1 aliphatic carbocycles. The average molecular weight is 237 g/mol. The lowest BCUT2D eigenvalue weighted by atomic mass is 9.95. The second-order valence-corrected chi connectivity index (χ2v) is 4.46. The van der Waals surface area contributed by atoms with Gasteiger partial charge in [0.25, 0.3) is 0 Å². The van der Waals surface area contributed by atoms with Gasteiger partial charge in [0.1, 0.15) is 0 Å². The summed E-state index contributed by atoms with van der Waals surface area (Å²) < 4.78 is 18.8. The highest BCUT2D eigenvalue weighted by molar-refractivity contribution is 5.98. The van der Waals surface area contributed by atoms with Crippen molar-refractivity contribution in [1.82, 2.24) is 0 Å².